The number of likely N-dealkylation sites (N-methyl/N-ethyl adjacent to an activating group) is 1. The average Bonchev–Trinajstić information content (AvgIpc) is 3.16. The molecule has 2 unspecified atom stereocenters. The number of carbonyl (C=O) groups excluding carboxylic acids is 1. The Morgan fingerprint density at radius 2 is 1.56 bits per heavy atom. The fraction of sp³-hybridized carbons (Fsp3) is 0.696. The summed E-state index contributed by atoms with van der Waals surface area (Å²) >= 11 is 0. The molecular weight excluding hydrogens is 336 g/mol. The first-order valence-electron chi connectivity index (χ1n) is 10.3. The van der Waals surface area contributed by atoms with Gasteiger partial charge in [-0.15, -0.1) is 0 Å². The Morgan fingerprint density at radius 1 is 1.00 bits per heavy atom. The standard InChI is InChI=1S/C23H36N2O2/c1-15-9-8-10-21(16(15)2)27-23(3,4)22(26)25(7)20-13-17-11-19(24(5)6)12-18(17)14-20/h8-10,17-20H,11-14H2,1-7H3/t17-,18+,19?,20?. The minimum Gasteiger partial charge on any atom is -0.478 e. The van der Waals surface area contributed by atoms with Gasteiger partial charge in [0.2, 0.25) is 0 Å². The van der Waals surface area contributed by atoms with Crippen molar-refractivity contribution in [3.8, 4) is 5.75 Å². The van der Waals surface area contributed by atoms with Crippen LogP contribution in [-0.4, -0.2) is 54.5 Å². The number of aryl methyl sites for hydroxylation is 1. The molecule has 4 atom stereocenters. The second-order valence-electron chi connectivity index (χ2n) is 9.46. The highest BCUT2D eigenvalue weighted by atomic mass is 16.5. The Morgan fingerprint density at radius 3 is 2.11 bits per heavy atom. The van der Waals surface area contributed by atoms with Crippen molar-refractivity contribution in [1.82, 2.24) is 9.80 Å². The fourth-order valence-electron chi connectivity index (χ4n) is 5.03. The molecule has 1 aromatic rings. The van der Waals surface area contributed by atoms with Gasteiger partial charge in [-0.25, -0.2) is 0 Å². The van der Waals surface area contributed by atoms with E-state index >= 15 is 0 Å². The van der Waals surface area contributed by atoms with Crippen LogP contribution in [0.3, 0.4) is 0 Å². The van der Waals surface area contributed by atoms with E-state index in [1.54, 1.807) is 0 Å². The van der Waals surface area contributed by atoms with Crippen LogP contribution in [0.4, 0.5) is 0 Å². The van der Waals surface area contributed by atoms with Crippen LogP contribution in [0.1, 0.15) is 50.7 Å². The highest BCUT2D eigenvalue weighted by molar-refractivity contribution is 5.85. The minimum atomic E-state index is -0.864. The number of carbonyl (C=O) groups is 1. The first-order valence-corrected chi connectivity index (χ1v) is 10.3. The van der Waals surface area contributed by atoms with Crippen molar-refractivity contribution in [2.24, 2.45) is 11.8 Å². The summed E-state index contributed by atoms with van der Waals surface area (Å²) in [6, 6.07) is 7.07. The Labute approximate surface area is 164 Å². The van der Waals surface area contributed by atoms with Crippen LogP contribution in [0.5, 0.6) is 5.75 Å². The van der Waals surface area contributed by atoms with Gasteiger partial charge < -0.3 is 14.5 Å². The SMILES string of the molecule is Cc1cccc(OC(C)(C)C(=O)N(C)C2C[C@H]3CC(N(C)C)C[C@H]3C2)c1C. The summed E-state index contributed by atoms with van der Waals surface area (Å²) in [7, 11) is 6.34. The highest BCUT2D eigenvalue weighted by Gasteiger charge is 2.46. The number of hydrogen-bond donors (Lipinski definition) is 0. The lowest BCUT2D eigenvalue weighted by Gasteiger charge is -2.34. The minimum absolute atomic E-state index is 0.0811. The Hall–Kier alpha value is -1.55. The molecule has 0 aliphatic heterocycles. The second-order valence-corrected chi connectivity index (χ2v) is 9.46. The zero-order valence-electron chi connectivity index (χ0n) is 18.1. The number of nitrogens with zero attached hydrogens (tertiary/aromatic N) is 2. The van der Waals surface area contributed by atoms with E-state index in [9.17, 15) is 4.79 Å². The maximum atomic E-state index is 13.2. The quantitative estimate of drug-likeness (QED) is 0.782. The molecule has 2 saturated carbocycles. The van der Waals surface area contributed by atoms with E-state index in [1.165, 1.54) is 18.4 Å². The maximum Gasteiger partial charge on any atom is 0.266 e. The normalized spacial score (nSPS) is 27.7. The molecule has 1 amide bonds. The number of ether oxygens (including phenoxy) is 1. The molecule has 2 aliphatic rings. The van der Waals surface area contributed by atoms with E-state index in [-0.39, 0.29) is 5.91 Å². The zero-order chi connectivity index (χ0) is 19.9. The van der Waals surface area contributed by atoms with Crippen LogP contribution >= 0.6 is 0 Å². The third-order valence-corrected chi connectivity index (χ3v) is 7.00. The van der Waals surface area contributed by atoms with E-state index in [1.807, 2.05) is 44.9 Å². The van der Waals surface area contributed by atoms with Gasteiger partial charge in [0.05, 0.1) is 0 Å². The fourth-order valence-corrected chi connectivity index (χ4v) is 5.03. The predicted octanol–water partition coefficient (Wildman–Crippen LogP) is 4.04. The van der Waals surface area contributed by atoms with Gasteiger partial charge in [0.25, 0.3) is 5.91 Å². The zero-order valence-corrected chi connectivity index (χ0v) is 18.1. The number of rotatable bonds is 5. The molecule has 0 bridgehead atoms. The summed E-state index contributed by atoms with van der Waals surface area (Å²) in [4.78, 5) is 17.6. The first-order chi connectivity index (χ1) is 12.6. The topological polar surface area (TPSA) is 32.8 Å². The second kappa shape index (κ2) is 7.46. The van der Waals surface area contributed by atoms with Crippen molar-refractivity contribution in [1.29, 1.82) is 0 Å². The molecule has 2 fully saturated rings. The van der Waals surface area contributed by atoms with E-state index < -0.39 is 5.60 Å². The molecule has 4 heteroatoms. The van der Waals surface area contributed by atoms with Gasteiger partial charge >= 0.3 is 0 Å². The van der Waals surface area contributed by atoms with Gasteiger partial charge in [0.1, 0.15) is 5.75 Å². The molecule has 1 aromatic carbocycles. The van der Waals surface area contributed by atoms with Crippen LogP contribution in [0, 0.1) is 25.7 Å². The van der Waals surface area contributed by atoms with Crippen molar-refractivity contribution in [3.63, 3.8) is 0 Å². The van der Waals surface area contributed by atoms with Gasteiger partial charge in [0, 0.05) is 19.1 Å². The van der Waals surface area contributed by atoms with Crippen molar-refractivity contribution >= 4 is 5.91 Å². The number of fused-ring (bicyclic) bond motifs is 1. The molecule has 2 aliphatic carbocycles. The molecule has 0 heterocycles. The van der Waals surface area contributed by atoms with Gasteiger partial charge in [0.15, 0.2) is 5.60 Å². The molecule has 3 rings (SSSR count). The lowest BCUT2D eigenvalue weighted by Crippen LogP contribution is -2.50. The van der Waals surface area contributed by atoms with Gasteiger partial charge in [-0.05, 0) is 96.5 Å². The van der Waals surface area contributed by atoms with Crippen LogP contribution in [0.15, 0.2) is 18.2 Å². The lowest BCUT2D eigenvalue weighted by molar-refractivity contribution is -0.146. The lowest BCUT2D eigenvalue weighted by atomic mass is 10.0. The number of benzene rings is 1. The van der Waals surface area contributed by atoms with Crippen LogP contribution in [0.2, 0.25) is 0 Å². The monoisotopic (exact) mass is 372 g/mol. The van der Waals surface area contributed by atoms with Crippen LogP contribution in [0.25, 0.3) is 0 Å². The third-order valence-electron chi connectivity index (χ3n) is 7.00. The maximum absolute atomic E-state index is 13.2. The summed E-state index contributed by atoms with van der Waals surface area (Å²) in [6.45, 7) is 7.91. The molecule has 4 nitrogen and oxygen atoms in total. The summed E-state index contributed by atoms with van der Waals surface area (Å²) in [5, 5.41) is 0. The molecule has 0 N–H and O–H groups in total. The highest BCUT2D eigenvalue weighted by Crippen LogP contribution is 2.46. The Balaban J connectivity index is 1.64. The third kappa shape index (κ3) is 4.01. The summed E-state index contributed by atoms with van der Waals surface area (Å²) in [5.74, 6) is 2.41. The van der Waals surface area contributed by atoms with Crippen molar-refractivity contribution in [2.45, 2.75) is 71.1 Å². The molecule has 0 spiro atoms. The van der Waals surface area contributed by atoms with Crippen LogP contribution in [-0.2, 0) is 4.79 Å². The van der Waals surface area contributed by atoms with Gasteiger partial charge in [-0.1, -0.05) is 12.1 Å². The number of hydrogen-bond acceptors (Lipinski definition) is 3. The molecular formula is C23H36N2O2. The molecule has 0 aromatic heterocycles. The summed E-state index contributed by atoms with van der Waals surface area (Å²) < 4.78 is 6.20. The number of amides is 1. The molecule has 150 valence electrons. The van der Waals surface area contributed by atoms with Crippen LogP contribution < -0.4 is 4.74 Å². The molecule has 0 radical (unpaired) electrons. The Bertz CT molecular complexity index is 684. The largest absolute Gasteiger partial charge is 0.478 e. The molecule has 0 saturated heterocycles. The van der Waals surface area contributed by atoms with Crippen molar-refractivity contribution in [2.75, 3.05) is 21.1 Å². The predicted molar refractivity (Wildman–Crippen MR) is 110 cm³/mol. The smallest absolute Gasteiger partial charge is 0.266 e. The van der Waals surface area contributed by atoms with E-state index in [0.29, 0.717) is 12.1 Å². The molecule has 27 heavy (non-hydrogen) atoms. The van der Waals surface area contributed by atoms with E-state index in [2.05, 4.69) is 32.0 Å². The summed E-state index contributed by atoms with van der Waals surface area (Å²) in [5.41, 5.74) is 1.42. The van der Waals surface area contributed by atoms with Gasteiger partial charge in [-0.2, -0.15) is 0 Å². The Kier molecular flexibility index (Phi) is 5.58. The van der Waals surface area contributed by atoms with Gasteiger partial charge in [-0.3, -0.25) is 4.79 Å². The summed E-state index contributed by atoms with van der Waals surface area (Å²) in [6.07, 6.45) is 4.82. The first kappa shape index (κ1) is 20.2. The van der Waals surface area contributed by atoms with E-state index in [0.717, 1.165) is 36.0 Å². The van der Waals surface area contributed by atoms with Crippen molar-refractivity contribution in [3.05, 3.63) is 29.3 Å². The van der Waals surface area contributed by atoms with Crippen molar-refractivity contribution < 1.29 is 9.53 Å². The average molecular weight is 373 g/mol. The van der Waals surface area contributed by atoms with E-state index in [4.69, 9.17) is 4.74 Å².